The van der Waals surface area contributed by atoms with Gasteiger partial charge in [-0.3, -0.25) is 0 Å². The zero-order valence-electron chi connectivity index (χ0n) is 28.0. The summed E-state index contributed by atoms with van der Waals surface area (Å²) in [4.78, 5) is 0. The van der Waals surface area contributed by atoms with Crippen molar-refractivity contribution >= 4 is 11.4 Å². The Morgan fingerprint density at radius 1 is 0.614 bits per heavy atom. The van der Waals surface area contributed by atoms with Crippen LogP contribution in [0.25, 0.3) is 0 Å². The lowest BCUT2D eigenvalue weighted by Gasteiger charge is -2.37. The number of fused-ring (bicyclic) bond motifs is 2. The Hall–Kier alpha value is -2.72. The second-order valence-electron chi connectivity index (χ2n) is 13.1. The molecule has 0 saturated carbocycles. The second-order valence-corrected chi connectivity index (χ2v) is 13.1. The number of allylic oxidation sites excluding steroid dienone is 2. The number of quaternary nitrogens is 1. The van der Waals surface area contributed by atoms with E-state index in [0.29, 0.717) is 0 Å². The molecule has 0 aromatic heterocycles. The fourth-order valence-electron chi connectivity index (χ4n) is 6.94. The van der Waals surface area contributed by atoms with Crippen molar-refractivity contribution in [3.05, 3.63) is 72.6 Å². The number of nitrogens with one attached hydrogen (secondary N) is 1. The van der Waals surface area contributed by atoms with Crippen molar-refractivity contribution in [3.8, 4) is 11.5 Å². The maximum absolute atomic E-state index is 6.65. The number of hydrogen-bond donors (Lipinski definition) is 1. The van der Waals surface area contributed by atoms with Crippen molar-refractivity contribution in [1.82, 2.24) is 4.48 Å². The lowest BCUT2D eigenvalue weighted by molar-refractivity contribution is 0.101. The highest BCUT2D eigenvalue weighted by Gasteiger charge is 2.46. The van der Waals surface area contributed by atoms with Crippen molar-refractivity contribution in [2.45, 2.75) is 142 Å². The molecule has 2 aliphatic heterocycles. The first-order valence-corrected chi connectivity index (χ1v) is 18.3. The molecule has 0 radical (unpaired) electrons. The van der Waals surface area contributed by atoms with Crippen molar-refractivity contribution in [2.24, 2.45) is 0 Å². The molecule has 1 N–H and O–H groups in total. The van der Waals surface area contributed by atoms with Crippen molar-refractivity contribution in [2.75, 3.05) is 18.4 Å². The van der Waals surface area contributed by atoms with Crippen LogP contribution < -0.4 is 19.3 Å². The summed E-state index contributed by atoms with van der Waals surface area (Å²) in [6.07, 6.45) is 32.5. The molecule has 0 saturated heterocycles. The average Bonchev–Trinajstić information content (AvgIpc) is 3.60. The largest absolute Gasteiger partial charge is 0.439 e. The molecular weight excluding hydrogens is 540 g/mol. The van der Waals surface area contributed by atoms with Gasteiger partial charge in [0.25, 0.3) is 6.23 Å². The summed E-state index contributed by atoms with van der Waals surface area (Å²) >= 11 is 0. The average molecular weight is 602 g/mol. The van der Waals surface area contributed by atoms with Crippen molar-refractivity contribution in [1.29, 1.82) is 0 Å². The first-order chi connectivity index (χ1) is 21.8. The highest BCUT2D eigenvalue weighted by atomic mass is 16.5. The summed E-state index contributed by atoms with van der Waals surface area (Å²) < 4.78 is 13.5. The van der Waals surface area contributed by atoms with E-state index in [-0.39, 0.29) is 6.23 Å². The highest BCUT2D eigenvalue weighted by Crippen LogP contribution is 2.44. The van der Waals surface area contributed by atoms with E-state index in [1.165, 1.54) is 128 Å². The van der Waals surface area contributed by atoms with Gasteiger partial charge in [-0.05, 0) is 50.0 Å². The topological polar surface area (TPSA) is 30.5 Å². The van der Waals surface area contributed by atoms with E-state index in [4.69, 9.17) is 9.47 Å². The van der Waals surface area contributed by atoms with Crippen LogP contribution in [-0.4, -0.2) is 19.3 Å². The van der Waals surface area contributed by atoms with Gasteiger partial charge >= 0.3 is 0 Å². The van der Waals surface area contributed by atoms with Gasteiger partial charge in [-0.15, -0.1) is 0 Å². The quantitative estimate of drug-likeness (QED) is 0.101. The monoisotopic (exact) mass is 601 g/mol. The normalized spacial score (nSPS) is 19.6. The molecule has 4 heteroatoms. The zero-order chi connectivity index (χ0) is 30.7. The molecule has 4 nitrogen and oxygen atoms in total. The van der Waals surface area contributed by atoms with Crippen molar-refractivity contribution in [3.63, 3.8) is 0 Å². The number of ether oxygens (including phenoxy) is 2. The zero-order valence-corrected chi connectivity index (χ0v) is 28.0. The predicted octanol–water partition coefficient (Wildman–Crippen LogP) is 12.1. The Labute approximate surface area is 269 Å². The molecule has 0 aliphatic carbocycles. The molecule has 2 heterocycles. The van der Waals surface area contributed by atoms with Crippen LogP contribution >= 0.6 is 0 Å². The fraction of sp³-hybridized carbons (Fsp3) is 0.600. The summed E-state index contributed by atoms with van der Waals surface area (Å²) in [7, 11) is 0. The first-order valence-electron chi connectivity index (χ1n) is 18.3. The molecule has 0 spiro atoms. The van der Waals surface area contributed by atoms with Crippen LogP contribution in [0.3, 0.4) is 0 Å². The molecule has 0 amide bonds. The SMILES string of the molecule is CCCCCCCCCCCCCCCCCC[N+]1(CCCCC)c2ccccc2OC1C=CC=C1Nc2ccccc2O1. The van der Waals surface area contributed by atoms with E-state index in [2.05, 4.69) is 55.6 Å². The number of anilines is 1. The number of para-hydroxylation sites is 4. The molecule has 0 bridgehead atoms. The predicted molar refractivity (Wildman–Crippen MR) is 189 cm³/mol. The lowest BCUT2D eigenvalue weighted by Crippen LogP contribution is -2.56. The van der Waals surface area contributed by atoms with Gasteiger partial charge in [-0.25, -0.2) is 4.48 Å². The summed E-state index contributed by atoms with van der Waals surface area (Å²) in [5, 5.41) is 3.37. The molecular formula is C40H61N2O2+. The van der Waals surface area contributed by atoms with E-state index >= 15 is 0 Å². The number of unbranched alkanes of at least 4 members (excludes halogenated alkanes) is 17. The minimum atomic E-state index is -0.0128. The Kier molecular flexibility index (Phi) is 15.2. The van der Waals surface area contributed by atoms with Gasteiger partial charge in [-0.2, -0.15) is 0 Å². The van der Waals surface area contributed by atoms with E-state index < -0.39 is 0 Å². The Bertz CT molecular complexity index is 1110. The fourth-order valence-corrected chi connectivity index (χ4v) is 6.94. The minimum Gasteiger partial charge on any atom is -0.439 e. The molecule has 2 aromatic rings. The third-order valence-corrected chi connectivity index (χ3v) is 9.54. The van der Waals surface area contributed by atoms with E-state index in [0.717, 1.165) is 40.6 Å². The summed E-state index contributed by atoms with van der Waals surface area (Å²) in [6, 6.07) is 16.8. The van der Waals surface area contributed by atoms with Crippen LogP contribution in [-0.2, 0) is 0 Å². The van der Waals surface area contributed by atoms with E-state index in [9.17, 15) is 0 Å². The molecule has 2 aliphatic rings. The third-order valence-electron chi connectivity index (χ3n) is 9.54. The highest BCUT2D eigenvalue weighted by molar-refractivity contribution is 5.64. The smallest absolute Gasteiger partial charge is 0.258 e. The first kappa shape index (κ1) is 34.2. The number of hydrogen-bond acceptors (Lipinski definition) is 3. The van der Waals surface area contributed by atoms with Gasteiger partial charge in [0, 0.05) is 12.1 Å². The molecule has 0 fully saturated rings. The maximum Gasteiger partial charge on any atom is 0.258 e. The van der Waals surface area contributed by atoms with E-state index in [1.807, 2.05) is 30.3 Å². The van der Waals surface area contributed by atoms with Crippen molar-refractivity contribution < 1.29 is 9.47 Å². The van der Waals surface area contributed by atoms with Crippen LogP contribution in [0.5, 0.6) is 11.5 Å². The van der Waals surface area contributed by atoms with Gasteiger partial charge in [0.05, 0.1) is 18.8 Å². The van der Waals surface area contributed by atoms with Crippen LogP contribution in [0, 0.1) is 0 Å². The van der Waals surface area contributed by atoms with Gasteiger partial charge in [0.2, 0.25) is 0 Å². The number of benzene rings is 2. The Morgan fingerprint density at radius 3 is 1.73 bits per heavy atom. The van der Waals surface area contributed by atoms with Crippen LogP contribution in [0.4, 0.5) is 11.4 Å². The lowest BCUT2D eigenvalue weighted by atomic mass is 10.0. The minimum absolute atomic E-state index is 0.0128. The number of nitrogens with zero attached hydrogens (tertiary/aromatic N) is 1. The second kappa shape index (κ2) is 19.6. The Balaban J connectivity index is 1.22. The molecule has 2 unspecified atom stereocenters. The maximum atomic E-state index is 6.65. The summed E-state index contributed by atoms with van der Waals surface area (Å²) in [5.41, 5.74) is 2.37. The molecule has 2 atom stereocenters. The molecule has 4 rings (SSSR count). The third kappa shape index (κ3) is 10.4. The standard InChI is InChI=1S/C40H61N2O2/c1-3-5-7-8-9-10-11-12-13-14-15-16-17-18-19-25-34-42(33-24-6-4-2)36-28-21-23-30-38(36)44-40(42)32-26-31-39-41-35-27-20-22-29-37(35)43-39/h20-23,26-32,40-41H,3-19,24-25,33-34H2,1-2H3/q+1. The van der Waals surface area contributed by atoms with E-state index in [1.54, 1.807) is 0 Å². The molecule has 44 heavy (non-hydrogen) atoms. The van der Waals surface area contributed by atoms with Gasteiger partial charge < -0.3 is 14.8 Å². The molecule has 2 aromatic carbocycles. The van der Waals surface area contributed by atoms with Gasteiger partial charge in [0.15, 0.2) is 23.1 Å². The summed E-state index contributed by atoms with van der Waals surface area (Å²) in [6.45, 7) is 6.85. The Morgan fingerprint density at radius 2 is 1.11 bits per heavy atom. The molecule has 242 valence electrons. The van der Waals surface area contributed by atoms with Crippen LogP contribution in [0.2, 0.25) is 0 Å². The summed E-state index contributed by atoms with van der Waals surface area (Å²) in [5.74, 6) is 2.69. The van der Waals surface area contributed by atoms with Gasteiger partial charge in [-0.1, -0.05) is 141 Å². The number of rotatable bonds is 23. The van der Waals surface area contributed by atoms with Crippen LogP contribution in [0.1, 0.15) is 136 Å². The van der Waals surface area contributed by atoms with Crippen LogP contribution in [0.15, 0.2) is 72.6 Å². The van der Waals surface area contributed by atoms with Gasteiger partial charge in [0.1, 0.15) is 0 Å².